The van der Waals surface area contributed by atoms with Gasteiger partial charge < -0.3 is 4.57 Å². The Kier molecular flexibility index (Phi) is 3.79. The molecule has 0 saturated heterocycles. The highest BCUT2D eigenvalue weighted by Crippen LogP contribution is 2.13. The number of carbonyl (C=O) groups excluding carboxylic acids is 1. The molecule has 1 amide bonds. The van der Waals surface area contributed by atoms with Crippen molar-refractivity contribution in [2.24, 2.45) is 7.05 Å². The maximum atomic E-state index is 13.3. The first-order valence-corrected chi connectivity index (χ1v) is 5.65. The highest BCUT2D eigenvalue weighted by atomic mass is 19.1. The predicted octanol–water partition coefficient (Wildman–Crippen LogP) is 1.42. The number of nitrogens with zero attached hydrogens (tertiary/aromatic N) is 1. The summed E-state index contributed by atoms with van der Waals surface area (Å²) in [4.78, 5) is 23.0. The van der Waals surface area contributed by atoms with Crippen molar-refractivity contribution in [2.45, 2.75) is 0 Å². The van der Waals surface area contributed by atoms with Crippen LogP contribution in [0.25, 0.3) is 0 Å². The van der Waals surface area contributed by atoms with Crippen molar-refractivity contribution in [3.05, 3.63) is 64.1 Å². The smallest absolute Gasteiger partial charge is 0.271 e. The fraction of sp³-hybridized carbons (Fsp3) is 0.0769. The van der Waals surface area contributed by atoms with Gasteiger partial charge in [0.1, 0.15) is 5.82 Å². The van der Waals surface area contributed by atoms with Gasteiger partial charge in [-0.3, -0.25) is 20.4 Å². The van der Waals surface area contributed by atoms with Crippen LogP contribution in [0.5, 0.6) is 0 Å². The highest BCUT2D eigenvalue weighted by molar-refractivity contribution is 5.94. The number of nitrogens with one attached hydrogen (secondary N) is 2. The molecule has 5 nitrogen and oxygen atoms in total. The Morgan fingerprint density at radius 3 is 2.60 bits per heavy atom. The van der Waals surface area contributed by atoms with Gasteiger partial charge in [0.2, 0.25) is 5.56 Å². The zero-order valence-corrected chi connectivity index (χ0v) is 10.5. The van der Waals surface area contributed by atoms with E-state index in [2.05, 4.69) is 10.9 Å². The second-order valence-electron chi connectivity index (χ2n) is 4.07. The van der Waals surface area contributed by atoms with E-state index in [0.717, 1.165) is 12.1 Å². The molecule has 0 aliphatic carbocycles. The van der Waals surface area contributed by atoms with E-state index >= 15 is 0 Å². The van der Waals surface area contributed by atoms with E-state index in [-0.39, 0.29) is 16.8 Å². The van der Waals surface area contributed by atoms with E-state index in [1.807, 2.05) is 0 Å². The van der Waals surface area contributed by atoms with Crippen molar-refractivity contribution >= 4 is 11.6 Å². The molecule has 2 rings (SSSR count). The zero-order chi connectivity index (χ0) is 14.7. The van der Waals surface area contributed by atoms with E-state index in [1.54, 1.807) is 0 Å². The van der Waals surface area contributed by atoms with Gasteiger partial charge in [0.15, 0.2) is 5.82 Å². The van der Waals surface area contributed by atoms with Gasteiger partial charge in [0.25, 0.3) is 5.91 Å². The van der Waals surface area contributed by atoms with Gasteiger partial charge in [-0.2, -0.15) is 0 Å². The van der Waals surface area contributed by atoms with Crippen LogP contribution in [0.3, 0.4) is 0 Å². The van der Waals surface area contributed by atoms with E-state index in [4.69, 9.17) is 0 Å². The number of hydrazine groups is 1. The predicted molar refractivity (Wildman–Crippen MR) is 69.1 cm³/mol. The van der Waals surface area contributed by atoms with Crippen molar-refractivity contribution in [2.75, 3.05) is 5.43 Å². The lowest BCUT2D eigenvalue weighted by atomic mass is 10.2. The summed E-state index contributed by atoms with van der Waals surface area (Å²) in [5.74, 6) is -2.09. The summed E-state index contributed by atoms with van der Waals surface area (Å²) in [5, 5.41) is 0. The highest BCUT2D eigenvalue weighted by Gasteiger charge is 2.08. The Hall–Kier alpha value is -2.70. The van der Waals surface area contributed by atoms with E-state index in [0.29, 0.717) is 6.07 Å². The summed E-state index contributed by atoms with van der Waals surface area (Å²) in [6, 6.07) is 5.50. The fourth-order valence-electron chi connectivity index (χ4n) is 1.52. The number of rotatable bonds is 3. The number of pyridine rings is 1. The van der Waals surface area contributed by atoms with Gasteiger partial charge in [0, 0.05) is 25.4 Å². The largest absolute Gasteiger partial charge is 0.318 e. The summed E-state index contributed by atoms with van der Waals surface area (Å²) in [6.45, 7) is 0. The number of aromatic nitrogens is 1. The van der Waals surface area contributed by atoms with Crippen molar-refractivity contribution < 1.29 is 13.6 Å². The number of anilines is 1. The summed E-state index contributed by atoms with van der Waals surface area (Å²) in [6.07, 6.45) is 1.35. The van der Waals surface area contributed by atoms with Crippen molar-refractivity contribution in [3.63, 3.8) is 0 Å². The van der Waals surface area contributed by atoms with Crippen LogP contribution in [0.15, 0.2) is 41.3 Å². The lowest BCUT2D eigenvalue weighted by Crippen LogP contribution is -2.31. The molecule has 0 bridgehead atoms. The minimum absolute atomic E-state index is 0.0652. The minimum Gasteiger partial charge on any atom is -0.318 e. The van der Waals surface area contributed by atoms with Crippen LogP contribution in [0, 0.1) is 11.6 Å². The average Bonchev–Trinajstić information content (AvgIpc) is 2.40. The van der Waals surface area contributed by atoms with Gasteiger partial charge in [-0.1, -0.05) is 0 Å². The number of hydrogen-bond donors (Lipinski definition) is 2. The molecule has 1 aromatic carbocycles. The van der Waals surface area contributed by atoms with E-state index in [9.17, 15) is 18.4 Å². The average molecular weight is 279 g/mol. The second kappa shape index (κ2) is 5.52. The topological polar surface area (TPSA) is 63.1 Å². The molecule has 20 heavy (non-hydrogen) atoms. The van der Waals surface area contributed by atoms with Crippen LogP contribution in [0.1, 0.15) is 10.4 Å². The molecule has 0 unspecified atom stereocenters. The first-order chi connectivity index (χ1) is 9.47. The quantitative estimate of drug-likeness (QED) is 0.835. The van der Waals surface area contributed by atoms with Gasteiger partial charge in [-0.05, 0) is 18.2 Å². The van der Waals surface area contributed by atoms with Crippen molar-refractivity contribution in [1.82, 2.24) is 9.99 Å². The summed E-state index contributed by atoms with van der Waals surface area (Å²) in [7, 11) is 1.51. The summed E-state index contributed by atoms with van der Waals surface area (Å²) >= 11 is 0. The molecule has 0 aliphatic rings. The van der Waals surface area contributed by atoms with Crippen LogP contribution in [0.2, 0.25) is 0 Å². The number of aryl methyl sites for hydroxylation is 1. The first-order valence-electron chi connectivity index (χ1n) is 5.65. The van der Waals surface area contributed by atoms with Crippen molar-refractivity contribution in [1.29, 1.82) is 0 Å². The molecular formula is C13H11F2N3O2. The van der Waals surface area contributed by atoms with Crippen molar-refractivity contribution in [3.8, 4) is 0 Å². The molecule has 7 heteroatoms. The van der Waals surface area contributed by atoms with Crippen LogP contribution in [-0.4, -0.2) is 10.5 Å². The molecule has 2 N–H and O–H groups in total. The minimum atomic E-state index is -0.828. The third kappa shape index (κ3) is 3.00. The molecule has 0 spiro atoms. The first kappa shape index (κ1) is 13.7. The van der Waals surface area contributed by atoms with Gasteiger partial charge in [-0.15, -0.1) is 0 Å². The number of carbonyl (C=O) groups is 1. The van der Waals surface area contributed by atoms with Crippen LogP contribution in [-0.2, 0) is 7.05 Å². The Balaban J connectivity index is 2.08. The van der Waals surface area contributed by atoms with E-state index in [1.165, 1.54) is 29.9 Å². The lowest BCUT2D eigenvalue weighted by Gasteiger charge is -2.09. The summed E-state index contributed by atoms with van der Waals surface area (Å²) < 4.78 is 27.3. The zero-order valence-electron chi connectivity index (χ0n) is 10.5. The van der Waals surface area contributed by atoms with Crippen LogP contribution >= 0.6 is 0 Å². The number of benzene rings is 1. The lowest BCUT2D eigenvalue weighted by molar-refractivity contribution is 0.0962. The van der Waals surface area contributed by atoms with Crippen LogP contribution < -0.4 is 16.4 Å². The molecule has 0 fully saturated rings. The maximum Gasteiger partial charge on any atom is 0.271 e. The van der Waals surface area contributed by atoms with E-state index < -0.39 is 17.5 Å². The molecule has 0 aliphatic heterocycles. The monoisotopic (exact) mass is 279 g/mol. The molecule has 0 saturated carbocycles. The molecule has 104 valence electrons. The Labute approximate surface area is 112 Å². The molecule has 2 aromatic rings. The third-order valence-corrected chi connectivity index (χ3v) is 2.59. The Morgan fingerprint density at radius 2 is 1.95 bits per heavy atom. The number of amides is 1. The molecule has 1 aromatic heterocycles. The normalized spacial score (nSPS) is 10.2. The fourth-order valence-corrected chi connectivity index (χ4v) is 1.52. The SMILES string of the molecule is Cn1cc(C(=O)NNc2ccc(F)cc2F)ccc1=O. The van der Waals surface area contributed by atoms with Gasteiger partial charge in [-0.25, -0.2) is 8.78 Å². The second-order valence-corrected chi connectivity index (χ2v) is 4.07. The molecule has 0 radical (unpaired) electrons. The Morgan fingerprint density at radius 1 is 1.20 bits per heavy atom. The third-order valence-electron chi connectivity index (χ3n) is 2.59. The standard InChI is InChI=1S/C13H11F2N3O2/c1-18-7-8(2-5-12(18)19)13(20)17-16-11-4-3-9(14)6-10(11)15/h2-7,16H,1H3,(H,17,20). The molecule has 1 heterocycles. The maximum absolute atomic E-state index is 13.3. The number of halogens is 2. The number of hydrogen-bond acceptors (Lipinski definition) is 3. The molecular weight excluding hydrogens is 268 g/mol. The van der Waals surface area contributed by atoms with Gasteiger partial charge >= 0.3 is 0 Å². The van der Waals surface area contributed by atoms with Crippen LogP contribution in [0.4, 0.5) is 14.5 Å². The Bertz CT molecular complexity index is 713. The summed E-state index contributed by atoms with van der Waals surface area (Å²) in [5.41, 5.74) is 4.51. The van der Waals surface area contributed by atoms with Gasteiger partial charge in [0.05, 0.1) is 11.3 Å². The molecule has 0 atom stereocenters.